The van der Waals surface area contributed by atoms with Gasteiger partial charge in [-0.05, 0) is 12.1 Å². The van der Waals surface area contributed by atoms with Crippen LogP contribution in [0, 0.1) is 0 Å². The predicted octanol–water partition coefficient (Wildman–Crippen LogP) is 2.44. The monoisotopic (exact) mass is 313 g/mol. The largest absolute Gasteiger partial charge is 0.495 e. The van der Waals surface area contributed by atoms with Gasteiger partial charge in [0.2, 0.25) is 18.0 Å². The van der Waals surface area contributed by atoms with Crippen LogP contribution >= 0.6 is 0 Å². The van der Waals surface area contributed by atoms with Crippen molar-refractivity contribution < 1.29 is 18.9 Å². The van der Waals surface area contributed by atoms with Gasteiger partial charge in [-0.15, -0.1) is 0 Å². The highest BCUT2D eigenvalue weighted by Gasteiger charge is 2.26. The van der Waals surface area contributed by atoms with E-state index in [0.717, 1.165) is 5.52 Å². The molecule has 1 aliphatic heterocycles. The number of aryl methyl sites for hydroxylation is 1. The Kier molecular flexibility index (Phi) is 2.87. The molecular formula is C17H15NO5. The first kappa shape index (κ1) is 13.8. The lowest BCUT2D eigenvalue weighted by atomic mass is 10.1. The highest BCUT2D eigenvalue weighted by Crippen LogP contribution is 2.45. The smallest absolute Gasteiger partial charge is 0.231 e. The summed E-state index contributed by atoms with van der Waals surface area (Å²) in [7, 11) is 4.99. The summed E-state index contributed by atoms with van der Waals surface area (Å²) in [5.74, 6) is 2.08. The van der Waals surface area contributed by atoms with Crippen LogP contribution in [-0.4, -0.2) is 25.6 Å². The normalized spacial score (nSPS) is 12.8. The molecule has 0 saturated carbocycles. The van der Waals surface area contributed by atoms with Gasteiger partial charge in [-0.1, -0.05) is 6.07 Å². The van der Waals surface area contributed by atoms with Crippen molar-refractivity contribution in [2.75, 3.05) is 21.0 Å². The molecule has 118 valence electrons. The molecule has 0 unspecified atom stereocenters. The van der Waals surface area contributed by atoms with Gasteiger partial charge >= 0.3 is 0 Å². The SMILES string of the molecule is COc1c2c(cc3c1c(=O)c1cccc(OC)c1n3C)OCO2. The maximum Gasteiger partial charge on any atom is 0.231 e. The van der Waals surface area contributed by atoms with E-state index in [1.54, 1.807) is 25.3 Å². The second-order valence-electron chi connectivity index (χ2n) is 5.28. The van der Waals surface area contributed by atoms with Crippen LogP contribution in [0.25, 0.3) is 21.8 Å². The van der Waals surface area contributed by atoms with Gasteiger partial charge in [-0.3, -0.25) is 4.79 Å². The van der Waals surface area contributed by atoms with Crippen LogP contribution in [0.15, 0.2) is 29.1 Å². The first-order valence-electron chi connectivity index (χ1n) is 7.13. The van der Waals surface area contributed by atoms with Gasteiger partial charge < -0.3 is 23.5 Å². The number of hydrogen-bond acceptors (Lipinski definition) is 5. The lowest BCUT2D eigenvalue weighted by Crippen LogP contribution is -2.11. The third-order valence-electron chi connectivity index (χ3n) is 4.19. The summed E-state index contributed by atoms with van der Waals surface area (Å²) in [5, 5.41) is 1.04. The zero-order chi connectivity index (χ0) is 16.1. The van der Waals surface area contributed by atoms with Gasteiger partial charge in [0.15, 0.2) is 11.5 Å². The molecule has 2 aromatic carbocycles. The summed E-state index contributed by atoms with van der Waals surface area (Å²) in [6, 6.07) is 7.21. The summed E-state index contributed by atoms with van der Waals surface area (Å²) in [4.78, 5) is 13.0. The molecule has 1 aliphatic rings. The number of hydrogen-bond donors (Lipinski definition) is 0. The molecule has 1 aromatic heterocycles. The molecule has 0 N–H and O–H groups in total. The molecule has 6 heteroatoms. The average Bonchev–Trinajstić information content (AvgIpc) is 3.05. The van der Waals surface area contributed by atoms with E-state index in [1.165, 1.54) is 7.11 Å². The maximum atomic E-state index is 13.0. The second-order valence-corrected chi connectivity index (χ2v) is 5.28. The number of pyridine rings is 1. The average molecular weight is 313 g/mol. The van der Waals surface area contributed by atoms with Crippen molar-refractivity contribution in [2.45, 2.75) is 0 Å². The van der Waals surface area contributed by atoms with Crippen LogP contribution < -0.4 is 24.4 Å². The topological polar surface area (TPSA) is 58.9 Å². The molecule has 0 radical (unpaired) electrons. The fourth-order valence-corrected chi connectivity index (χ4v) is 3.15. The molecule has 0 aliphatic carbocycles. The number of fused-ring (bicyclic) bond motifs is 3. The standard InChI is InChI=1S/C17H15NO5/c1-18-10-7-12-16(23-8-22-12)17(21-3)13(10)15(19)9-5-4-6-11(20-2)14(9)18/h4-7H,8H2,1-3H3. The molecule has 6 nitrogen and oxygen atoms in total. The lowest BCUT2D eigenvalue weighted by Gasteiger charge is -2.16. The molecule has 2 heterocycles. The summed E-state index contributed by atoms with van der Waals surface area (Å²) in [5.41, 5.74) is 1.31. The Labute approximate surface area is 131 Å². The van der Waals surface area contributed by atoms with Crippen molar-refractivity contribution in [3.8, 4) is 23.0 Å². The Hall–Kier alpha value is -2.89. The Morgan fingerprint density at radius 2 is 2.00 bits per heavy atom. The quantitative estimate of drug-likeness (QED) is 0.680. The lowest BCUT2D eigenvalue weighted by molar-refractivity contribution is 0.171. The van der Waals surface area contributed by atoms with Gasteiger partial charge in [0.05, 0.1) is 36.0 Å². The Morgan fingerprint density at radius 3 is 2.74 bits per heavy atom. The Morgan fingerprint density at radius 1 is 1.17 bits per heavy atom. The molecule has 0 spiro atoms. The summed E-state index contributed by atoms with van der Waals surface area (Å²) in [6.45, 7) is 0.114. The van der Waals surface area contributed by atoms with Crippen LogP contribution in [0.2, 0.25) is 0 Å². The van der Waals surface area contributed by atoms with Gasteiger partial charge in [-0.25, -0.2) is 0 Å². The van der Waals surface area contributed by atoms with Gasteiger partial charge in [0, 0.05) is 13.1 Å². The number of methoxy groups -OCH3 is 2. The van der Waals surface area contributed by atoms with Crippen LogP contribution in [0.4, 0.5) is 0 Å². The zero-order valence-electron chi connectivity index (χ0n) is 13.0. The van der Waals surface area contributed by atoms with E-state index < -0.39 is 0 Å². The fraction of sp³-hybridized carbons (Fsp3) is 0.235. The van der Waals surface area contributed by atoms with E-state index in [2.05, 4.69) is 0 Å². The third-order valence-corrected chi connectivity index (χ3v) is 4.19. The molecule has 4 rings (SSSR count). The minimum absolute atomic E-state index is 0.114. The van der Waals surface area contributed by atoms with E-state index in [0.29, 0.717) is 39.3 Å². The number of benzene rings is 2. The molecule has 0 atom stereocenters. The van der Waals surface area contributed by atoms with Crippen LogP contribution in [0.1, 0.15) is 0 Å². The first-order chi connectivity index (χ1) is 11.2. The predicted molar refractivity (Wildman–Crippen MR) is 85.9 cm³/mol. The highest BCUT2D eigenvalue weighted by molar-refractivity contribution is 6.00. The molecular weight excluding hydrogens is 298 g/mol. The molecule has 3 aromatic rings. The van der Waals surface area contributed by atoms with Crippen molar-refractivity contribution >= 4 is 21.8 Å². The highest BCUT2D eigenvalue weighted by atomic mass is 16.7. The van der Waals surface area contributed by atoms with E-state index in [-0.39, 0.29) is 12.2 Å². The van der Waals surface area contributed by atoms with Crippen molar-refractivity contribution in [1.29, 1.82) is 0 Å². The van der Waals surface area contributed by atoms with Crippen molar-refractivity contribution in [3.05, 3.63) is 34.5 Å². The number of nitrogens with zero attached hydrogens (tertiary/aromatic N) is 1. The summed E-state index contributed by atoms with van der Waals surface area (Å²) in [6.07, 6.45) is 0. The molecule has 0 amide bonds. The van der Waals surface area contributed by atoms with Crippen molar-refractivity contribution in [1.82, 2.24) is 4.57 Å². The van der Waals surface area contributed by atoms with E-state index in [1.807, 2.05) is 17.7 Å². The minimum Gasteiger partial charge on any atom is -0.495 e. The van der Waals surface area contributed by atoms with Gasteiger partial charge in [-0.2, -0.15) is 0 Å². The molecule has 0 bridgehead atoms. The summed E-state index contributed by atoms with van der Waals surface area (Å²) >= 11 is 0. The first-order valence-corrected chi connectivity index (χ1v) is 7.13. The van der Waals surface area contributed by atoms with E-state index in [9.17, 15) is 4.79 Å². The van der Waals surface area contributed by atoms with Crippen molar-refractivity contribution in [2.24, 2.45) is 7.05 Å². The second kappa shape index (κ2) is 4.81. The number of rotatable bonds is 2. The third kappa shape index (κ3) is 1.72. The summed E-state index contributed by atoms with van der Waals surface area (Å²) < 4.78 is 23.7. The van der Waals surface area contributed by atoms with E-state index in [4.69, 9.17) is 18.9 Å². The number of para-hydroxylation sites is 1. The maximum absolute atomic E-state index is 13.0. The zero-order valence-corrected chi connectivity index (χ0v) is 13.0. The number of ether oxygens (including phenoxy) is 4. The van der Waals surface area contributed by atoms with Gasteiger partial charge in [0.25, 0.3) is 0 Å². The molecule has 0 fully saturated rings. The van der Waals surface area contributed by atoms with Crippen LogP contribution in [0.3, 0.4) is 0 Å². The Bertz CT molecular complexity index is 1010. The van der Waals surface area contributed by atoms with Crippen molar-refractivity contribution in [3.63, 3.8) is 0 Å². The fourth-order valence-electron chi connectivity index (χ4n) is 3.15. The molecule has 23 heavy (non-hydrogen) atoms. The van der Waals surface area contributed by atoms with E-state index >= 15 is 0 Å². The van der Waals surface area contributed by atoms with Crippen LogP contribution in [-0.2, 0) is 7.05 Å². The van der Waals surface area contributed by atoms with Crippen LogP contribution in [0.5, 0.6) is 23.0 Å². The minimum atomic E-state index is -0.123. The number of aromatic nitrogens is 1. The Balaban J connectivity index is 2.29. The van der Waals surface area contributed by atoms with Gasteiger partial charge in [0.1, 0.15) is 5.75 Å². The molecule has 0 saturated heterocycles.